The summed E-state index contributed by atoms with van der Waals surface area (Å²) in [5.41, 5.74) is 2.16. The second kappa shape index (κ2) is 8.80. The van der Waals surface area contributed by atoms with E-state index in [1.165, 1.54) is 0 Å². The zero-order valence-corrected chi connectivity index (χ0v) is 17.2. The van der Waals surface area contributed by atoms with E-state index in [-0.39, 0.29) is 12.8 Å². The van der Waals surface area contributed by atoms with Crippen molar-refractivity contribution in [3.63, 3.8) is 0 Å². The van der Waals surface area contributed by atoms with Crippen LogP contribution in [-0.2, 0) is 0 Å². The molecule has 1 atom stereocenters. The highest BCUT2D eigenvalue weighted by molar-refractivity contribution is 5.59. The molecule has 0 spiro atoms. The maximum absolute atomic E-state index is 5.82. The fourth-order valence-corrected chi connectivity index (χ4v) is 4.13. The minimum atomic E-state index is -0.0147. The molecule has 0 radical (unpaired) electrons. The molecule has 1 unspecified atom stereocenters. The van der Waals surface area contributed by atoms with Crippen molar-refractivity contribution >= 4 is 0 Å². The Morgan fingerprint density at radius 1 is 0.897 bits per heavy atom. The van der Waals surface area contributed by atoms with Crippen molar-refractivity contribution in [2.24, 2.45) is 0 Å². The van der Waals surface area contributed by atoms with Gasteiger partial charge in [-0.25, -0.2) is 0 Å². The first kappa shape index (κ1) is 19.7. The lowest BCUT2D eigenvalue weighted by molar-refractivity contribution is 0.173. The van der Waals surface area contributed by atoms with E-state index in [0.717, 1.165) is 55.2 Å². The molecule has 156 valence electrons. The Balaban J connectivity index is 1.84. The Hall–Kier alpha value is -2.64. The van der Waals surface area contributed by atoms with Crippen LogP contribution in [0.1, 0.15) is 23.6 Å². The Labute approximate surface area is 171 Å². The van der Waals surface area contributed by atoms with E-state index in [0.29, 0.717) is 17.2 Å². The molecule has 2 heterocycles. The van der Waals surface area contributed by atoms with Crippen LogP contribution in [0.3, 0.4) is 0 Å². The van der Waals surface area contributed by atoms with Crippen molar-refractivity contribution in [3.05, 3.63) is 41.5 Å². The average molecular weight is 400 g/mol. The number of methoxy groups -OCH3 is 3. The van der Waals surface area contributed by atoms with Crippen LogP contribution in [0.25, 0.3) is 0 Å². The summed E-state index contributed by atoms with van der Waals surface area (Å²) in [6.45, 7) is 4.13. The first-order valence-electron chi connectivity index (χ1n) is 9.90. The summed E-state index contributed by atoms with van der Waals surface area (Å²) in [5.74, 6) is 3.50. The predicted octanol–water partition coefficient (Wildman–Crippen LogP) is 2.83. The van der Waals surface area contributed by atoms with Gasteiger partial charge in [-0.15, -0.1) is 0 Å². The third kappa shape index (κ3) is 3.80. The van der Waals surface area contributed by atoms with E-state index in [4.69, 9.17) is 23.7 Å². The number of ether oxygens (including phenoxy) is 5. The molecule has 2 aliphatic rings. The van der Waals surface area contributed by atoms with Gasteiger partial charge < -0.3 is 29.0 Å². The molecule has 2 aromatic rings. The third-order valence-corrected chi connectivity index (χ3v) is 5.48. The number of nitrogens with one attached hydrogen (secondary N) is 1. The number of hydrogen-bond donors (Lipinski definition) is 1. The largest absolute Gasteiger partial charge is 0.493 e. The highest BCUT2D eigenvalue weighted by Crippen LogP contribution is 2.46. The van der Waals surface area contributed by atoms with E-state index >= 15 is 0 Å². The molecule has 2 aromatic carbocycles. The summed E-state index contributed by atoms with van der Waals surface area (Å²) in [6, 6.07) is 10.1. The monoisotopic (exact) mass is 400 g/mol. The van der Waals surface area contributed by atoms with Crippen molar-refractivity contribution in [1.82, 2.24) is 10.2 Å². The van der Waals surface area contributed by atoms with Gasteiger partial charge in [-0.05, 0) is 42.8 Å². The number of benzene rings is 2. The lowest BCUT2D eigenvalue weighted by Gasteiger charge is -2.33. The van der Waals surface area contributed by atoms with Gasteiger partial charge in [0.1, 0.15) is 0 Å². The van der Waals surface area contributed by atoms with Crippen LogP contribution in [0.4, 0.5) is 0 Å². The molecule has 1 N–H and O–H groups in total. The molecule has 4 rings (SSSR count). The van der Waals surface area contributed by atoms with Gasteiger partial charge >= 0.3 is 0 Å². The fourth-order valence-electron chi connectivity index (χ4n) is 4.13. The predicted molar refractivity (Wildman–Crippen MR) is 110 cm³/mol. The first-order valence-corrected chi connectivity index (χ1v) is 9.90. The van der Waals surface area contributed by atoms with Crippen LogP contribution in [0.5, 0.6) is 28.7 Å². The second-order valence-electron chi connectivity index (χ2n) is 7.08. The highest BCUT2D eigenvalue weighted by Gasteiger charge is 2.30. The molecule has 0 saturated carbocycles. The van der Waals surface area contributed by atoms with Crippen molar-refractivity contribution in [2.75, 3.05) is 54.3 Å². The quantitative estimate of drug-likeness (QED) is 0.800. The van der Waals surface area contributed by atoms with E-state index in [9.17, 15) is 0 Å². The topological polar surface area (TPSA) is 61.4 Å². The SMILES string of the molecule is COc1ccc(C(c2ccc3c(c2)OCO3)N2CCCNCC2)c(OC)c1OC. The normalized spacial score (nSPS) is 17.5. The van der Waals surface area contributed by atoms with Crippen LogP contribution in [0.2, 0.25) is 0 Å². The van der Waals surface area contributed by atoms with Crippen LogP contribution >= 0.6 is 0 Å². The van der Waals surface area contributed by atoms with E-state index in [2.05, 4.69) is 28.4 Å². The summed E-state index contributed by atoms with van der Waals surface area (Å²) in [7, 11) is 4.93. The van der Waals surface area contributed by atoms with Crippen molar-refractivity contribution in [3.8, 4) is 28.7 Å². The lowest BCUT2D eigenvalue weighted by atomic mass is 9.94. The summed E-state index contributed by atoms with van der Waals surface area (Å²) in [5, 5.41) is 3.48. The summed E-state index contributed by atoms with van der Waals surface area (Å²) in [6.07, 6.45) is 1.08. The van der Waals surface area contributed by atoms with Crippen LogP contribution in [0.15, 0.2) is 30.3 Å². The first-order chi connectivity index (χ1) is 14.3. The van der Waals surface area contributed by atoms with Crippen LogP contribution in [-0.4, -0.2) is 59.2 Å². The molecule has 0 bridgehead atoms. The second-order valence-corrected chi connectivity index (χ2v) is 7.08. The molecule has 0 amide bonds. The van der Waals surface area contributed by atoms with Crippen LogP contribution < -0.4 is 29.0 Å². The molecule has 1 fully saturated rings. The summed E-state index contributed by atoms with van der Waals surface area (Å²) >= 11 is 0. The Kier molecular flexibility index (Phi) is 5.97. The van der Waals surface area contributed by atoms with Crippen LogP contribution in [0, 0.1) is 0 Å². The van der Waals surface area contributed by atoms with E-state index < -0.39 is 0 Å². The van der Waals surface area contributed by atoms with Gasteiger partial charge in [-0.2, -0.15) is 0 Å². The maximum atomic E-state index is 5.82. The molecule has 29 heavy (non-hydrogen) atoms. The van der Waals surface area contributed by atoms with E-state index in [1.54, 1.807) is 21.3 Å². The lowest BCUT2D eigenvalue weighted by Crippen LogP contribution is -2.33. The van der Waals surface area contributed by atoms with Gasteiger partial charge in [0.05, 0.1) is 27.4 Å². The third-order valence-electron chi connectivity index (χ3n) is 5.48. The number of rotatable bonds is 6. The minimum Gasteiger partial charge on any atom is -0.493 e. The van der Waals surface area contributed by atoms with Crippen molar-refractivity contribution < 1.29 is 23.7 Å². The smallest absolute Gasteiger partial charge is 0.231 e. The molecular weight excluding hydrogens is 372 g/mol. The zero-order valence-electron chi connectivity index (χ0n) is 17.2. The summed E-state index contributed by atoms with van der Waals surface area (Å²) in [4.78, 5) is 2.47. The minimum absolute atomic E-state index is 0.0147. The Morgan fingerprint density at radius 3 is 2.52 bits per heavy atom. The van der Waals surface area contributed by atoms with Gasteiger partial charge in [-0.1, -0.05) is 6.07 Å². The fraction of sp³-hybridized carbons (Fsp3) is 0.455. The molecular formula is C22H28N2O5. The van der Waals surface area contributed by atoms with Gasteiger partial charge in [0.15, 0.2) is 23.0 Å². The molecule has 7 heteroatoms. The zero-order chi connectivity index (χ0) is 20.2. The molecule has 2 aliphatic heterocycles. The van der Waals surface area contributed by atoms with Crippen molar-refractivity contribution in [2.45, 2.75) is 12.5 Å². The number of hydrogen-bond acceptors (Lipinski definition) is 7. The number of fused-ring (bicyclic) bond motifs is 1. The van der Waals surface area contributed by atoms with Gasteiger partial charge in [0.25, 0.3) is 0 Å². The molecule has 0 aromatic heterocycles. The highest BCUT2D eigenvalue weighted by atomic mass is 16.7. The molecule has 7 nitrogen and oxygen atoms in total. The van der Waals surface area contributed by atoms with Gasteiger partial charge in [-0.3, -0.25) is 4.90 Å². The molecule has 1 saturated heterocycles. The van der Waals surface area contributed by atoms with E-state index in [1.807, 2.05) is 12.1 Å². The standard InChI is InChI=1S/C22H28N2O5/c1-25-18-8-6-16(21(26-2)22(18)27-3)20(24-11-4-9-23-10-12-24)15-5-7-17-19(13-15)29-14-28-17/h5-8,13,20,23H,4,9-12,14H2,1-3H3. The van der Waals surface area contributed by atoms with Gasteiger partial charge in [0.2, 0.25) is 12.5 Å². The average Bonchev–Trinajstić information content (AvgIpc) is 3.07. The number of nitrogens with zero attached hydrogens (tertiary/aromatic N) is 1. The Bertz CT molecular complexity index is 849. The van der Waals surface area contributed by atoms with Gasteiger partial charge in [0, 0.05) is 25.2 Å². The maximum Gasteiger partial charge on any atom is 0.231 e. The van der Waals surface area contributed by atoms with Crippen molar-refractivity contribution in [1.29, 1.82) is 0 Å². The summed E-state index contributed by atoms with van der Waals surface area (Å²) < 4.78 is 28.1. The Morgan fingerprint density at radius 2 is 1.72 bits per heavy atom. The molecule has 0 aliphatic carbocycles.